The Morgan fingerprint density at radius 3 is 2.00 bits per heavy atom. The summed E-state index contributed by atoms with van der Waals surface area (Å²) in [5.41, 5.74) is 9.36. The van der Waals surface area contributed by atoms with Gasteiger partial charge in [-0.1, -0.05) is 120 Å². The number of para-hydroxylation sites is 3. The van der Waals surface area contributed by atoms with Crippen molar-refractivity contribution in [2.24, 2.45) is 4.99 Å². The lowest BCUT2D eigenvalue weighted by molar-refractivity contribution is 0.444. The maximum atomic E-state index is 11.4. The quantitative estimate of drug-likeness (QED) is 0.207. The van der Waals surface area contributed by atoms with Crippen LogP contribution in [0.2, 0.25) is 0 Å². The summed E-state index contributed by atoms with van der Waals surface area (Å²) in [6, 6.07) is 39.4. The van der Waals surface area contributed by atoms with Crippen molar-refractivity contribution in [3.8, 4) is 34.0 Å². The van der Waals surface area contributed by atoms with Crippen LogP contribution in [0.15, 0.2) is 120 Å². The molecule has 6 aromatic rings. The summed E-state index contributed by atoms with van der Waals surface area (Å²) in [5.74, 6) is 1.08. The van der Waals surface area contributed by atoms with Crippen LogP contribution >= 0.6 is 0 Å². The van der Waals surface area contributed by atoms with Crippen LogP contribution in [0.3, 0.4) is 0 Å². The van der Waals surface area contributed by atoms with Crippen LogP contribution in [0.25, 0.3) is 39.2 Å². The van der Waals surface area contributed by atoms with Crippen molar-refractivity contribution < 1.29 is 5.11 Å². The summed E-state index contributed by atoms with van der Waals surface area (Å²) in [6.45, 7) is 13.0. The van der Waals surface area contributed by atoms with Crippen LogP contribution in [0.4, 0.5) is 5.69 Å². The minimum Gasteiger partial charge on any atom is -0.507 e. The fourth-order valence-electron chi connectivity index (χ4n) is 5.64. The first-order valence-electron chi connectivity index (χ1n) is 15.2. The minimum atomic E-state index is -0.219. The fraction of sp³-hybridized carbons (Fsp3) is 0.200. The summed E-state index contributed by atoms with van der Waals surface area (Å²) in [6.07, 6.45) is 1.80. The molecule has 0 spiro atoms. The number of benzene rings is 5. The Kier molecular flexibility index (Phi) is 7.46. The molecule has 1 aromatic heterocycles. The van der Waals surface area contributed by atoms with Gasteiger partial charge in [0.1, 0.15) is 11.6 Å². The van der Waals surface area contributed by atoms with Gasteiger partial charge >= 0.3 is 0 Å². The van der Waals surface area contributed by atoms with Gasteiger partial charge in [-0.3, -0.25) is 9.56 Å². The number of fused-ring (bicyclic) bond motifs is 1. The van der Waals surface area contributed by atoms with Crippen LogP contribution in [-0.4, -0.2) is 20.9 Å². The van der Waals surface area contributed by atoms with Crippen molar-refractivity contribution in [3.63, 3.8) is 0 Å². The van der Waals surface area contributed by atoms with Gasteiger partial charge < -0.3 is 5.11 Å². The summed E-state index contributed by atoms with van der Waals surface area (Å²) in [7, 11) is 0. The van der Waals surface area contributed by atoms with Crippen LogP contribution in [0.5, 0.6) is 5.75 Å². The van der Waals surface area contributed by atoms with E-state index >= 15 is 0 Å². The Morgan fingerprint density at radius 1 is 0.682 bits per heavy atom. The summed E-state index contributed by atoms with van der Waals surface area (Å²) in [5, 5.41) is 11.4. The predicted molar refractivity (Wildman–Crippen MR) is 185 cm³/mol. The van der Waals surface area contributed by atoms with E-state index in [0.717, 1.165) is 56.0 Å². The zero-order valence-corrected chi connectivity index (χ0v) is 26.3. The molecule has 0 aliphatic rings. The number of imidazole rings is 1. The van der Waals surface area contributed by atoms with Gasteiger partial charge in [-0.2, -0.15) is 0 Å². The highest BCUT2D eigenvalue weighted by Gasteiger charge is 2.25. The van der Waals surface area contributed by atoms with Gasteiger partial charge in [0.2, 0.25) is 0 Å². The third-order valence-corrected chi connectivity index (χ3v) is 8.09. The number of phenolic OH excluding ortho intramolecular Hbond substituents is 1. The Hall–Kier alpha value is -4.96. The molecule has 4 nitrogen and oxygen atoms in total. The molecule has 1 heterocycles. The van der Waals surface area contributed by atoms with Crippen LogP contribution in [-0.2, 0) is 10.8 Å². The Morgan fingerprint density at radius 2 is 1.32 bits per heavy atom. The maximum Gasteiger partial charge on any atom is 0.147 e. The molecule has 0 fully saturated rings. The van der Waals surface area contributed by atoms with Gasteiger partial charge in [-0.25, -0.2) is 4.98 Å². The summed E-state index contributed by atoms with van der Waals surface area (Å²) < 4.78 is 2.21. The highest BCUT2D eigenvalue weighted by atomic mass is 16.3. The number of aromatic nitrogens is 2. The average Bonchev–Trinajstić information content (AvgIpc) is 3.40. The molecule has 0 atom stereocenters. The van der Waals surface area contributed by atoms with E-state index in [4.69, 9.17) is 9.98 Å². The van der Waals surface area contributed by atoms with Gasteiger partial charge in [0.15, 0.2) is 0 Å². The first-order valence-corrected chi connectivity index (χ1v) is 15.2. The monoisotopic (exact) mass is 577 g/mol. The molecule has 4 heteroatoms. The standard InChI is InChI=1S/C40H39N3O/c1-39(2,3)29-24-28(37(44)33(25-29)40(4,5)6)26-41-34-22-14-13-20-32(34)38-42-36-31(27-16-9-7-10-17-27)21-15-23-35(36)43(38)30-18-11-8-12-19-30/h7-26,44H,1-6H3/b41-26+. The molecular weight excluding hydrogens is 538 g/mol. The fourth-order valence-corrected chi connectivity index (χ4v) is 5.64. The van der Waals surface area contributed by atoms with E-state index in [-0.39, 0.29) is 16.6 Å². The molecule has 0 amide bonds. The number of nitrogens with zero attached hydrogens (tertiary/aromatic N) is 3. The van der Waals surface area contributed by atoms with E-state index < -0.39 is 0 Å². The lowest BCUT2D eigenvalue weighted by atomic mass is 9.79. The van der Waals surface area contributed by atoms with Gasteiger partial charge in [-0.05, 0) is 58.4 Å². The molecule has 0 saturated heterocycles. The van der Waals surface area contributed by atoms with E-state index in [1.807, 2.05) is 42.5 Å². The first kappa shape index (κ1) is 29.1. The van der Waals surface area contributed by atoms with Crippen LogP contribution < -0.4 is 0 Å². The highest BCUT2D eigenvalue weighted by Crippen LogP contribution is 2.39. The number of rotatable bonds is 5. The van der Waals surface area contributed by atoms with Gasteiger partial charge in [0, 0.05) is 34.2 Å². The lowest BCUT2D eigenvalue weighted by Gasteiger charge is -2.27. The second-order valence-corrected chi connectivity index (χ2v) is 13.4. The number of aliphatic imine (C=N–C) groups is 1. The molecular formula is C40H39N3O. The molecule has 0 aliphatic heterocycles. The third-order valence-electron chi connectivity index (χ3n) is 8.09. The number of hydrogen-bond donors (Lipinski definition) is 1. The van der Waals surface area contributed by atoms with Crippen molar-refractivity contribution in [1.82, 2.24) is 9.55 Å². The van der Waals surface area contributed by atoms with Crippen LogP contribution in [0, 0.1) is 0 Å². The zero-order valence-electron chi connectivity index (χ0n) is 26.3. The number of aromatic hydroxyl groups is 1. The SMILES string of the molecule is CC(C)(C)c1cc(/C=N/c2ccccc2-c2nc3c(-c4ccccc4)cccc3n2-c2ccccc2)c(O)c(C(C)(C)C)c1. The summed E-state index contributed by atoms with van der Waals surface area (Å²) >= 11 is 0. The van der Waals surface area contributed by atoms with E-state index in [1.54, 1.807) is 6.21 Å². The molecule has 0 saturated carbocycles. The topological polar surface area (TPSA) is 50.4 Å². The lowest BCUT2D eigenvalue weighted by Crippen LogP contribution is -2.17. The number of phenols is 1. The molecule has 0 unspecified atom stereocenters. The second-order valence-electron chi connectivity index (χ2n) is 13.4. The first-order chi connectivity index (χ1) is 21.0. The van der Waals surface area contributed by atoms with Gasteiger partial charge in [0.25, 0.3) is 0 Å². The highest BCUT2D eigenvalue weighted by molar-refractivity contribution is 5.97. The molecule has 220 valence electrons. The van der Waals surface area contributed by atoms with Crippen molar-refractivity contribution in [3.05, 3.63) is 132 Å². The van der Waals surface area contributed by atoms with E-state index in [9.17, 15) is 5.11 Å². The minimum absolute atomic E-state index is 0.0782. The Balaban J connectivity index is 1.56. The normalized spacial score (nSPS) is 12.3. The smallest absolute Gasteiger partial charge is 0.147 e. The van der Waals surface area contributed by atoms with Crippen molar-refractivity contribution in [1.29, 1.82) is 0 Å². The average molecular weight is 578 g/mol. The van der Waals surface area contributed by atoms with Crippen molar-refractivity contribution >= 4 is 22.9 Å². The number of hydrogen-bond acceptors (Lipinski definition) is 3. The molecule has 6 rings (SSSR count). The predicted octanol–water partition coefficient (Wildman–Crippen LogP) is 10.4. The molecule has 0 aliphatic carbocycles. The molecule has 44 heavy (non-hydrogen) atoms. The summed E-state index contributed by atoms with van der Waals surface area (Å²) in [4.78, 5) is 10.3. The second kappa shape index (κ2) is 11.3. The van der Waals surface area contributed by atoms with Crippen LogP contribution in [0.1, 0.15) is 58.2 Å². The molecule has 0 radical (unpaired) electrons. The largest absolute Gasteiger partial charge is 0.507 e. The molecule has 5 aromatic carbocycles. The van der Waals surface area contributed by atoms with Gasteiger partial charge in [0.05, 0.1) is 16.7 Å². The van der Waals surface area contributed by atoms with Crippen molar-refractivity contribution in [2.75, 3.05) is 0 Å². The van der Waals surface area contributed by atoms with E-state index in [2.05, 4.69) is 119 Å². The zero-order chi connectivity index (χ0) is 31.1. The maximum absolute atomic E-state index is 11.4. The molecule has 0 bridgehead atoms. The van der Waals surface area contributed by atoms with E-state index in [1.165, 1.54) is 0 Å². The van der Waals surface area contributed by atoms with E-state index in [0.29, 0.717) is 5.56 Å². The Labute approximate surface area is 260 Å². The molecule has 1 N–H and O–H groups in total. The Bertz CT molecular complexity index is 1970. The third kappa shape index (κ3) is 5.56. The van der Waals surface area contributed by atoms with Gasteiger partial charge in [-0.15, -0.1) is 0 Å². The van der Waals surface area contributed by atoms with Crippen molar-refractivity contribution in [2.45, 2.75) is 52.4 Å².